The Kier molecular flexibility index (Phi) is 5.74. The average Bonchev–Trinajstić information content (AvgIpc) is 3.06. The molecule has 0 radical (unpaired) electrons. The van der Waals surface area contributed by atoms with Gasteiger partial charge in [0.15, 0.2) is 0 Å². The highest BCUT2D eigenvalue weighted by atomic mass is 79.9. The van der Waals surface area contributed by atoms with Crippen molar-refractivity contribution in [2.45, 2.75) is 47.0 Å². The van der Waals surface area contributed by atoms with Gasteiger partial charge in [-0.3, -0.25) is 4.79 Å². The maximum atomic E-state index is 13.6. The lowest BCUT2D eigenvalue weighted by atomic mass is 9.64. The fraction of sp³-hybridized carbons (Fsp3) is 0.400. The van der Waals surface area contributed by atoms with E-state index in [-0.39, 0.29) is 16.7 Å². The zero-order valence-electron chi connectivity index (χ0n) is 18.6. The van der Waals surface area contributed by atoms with Crippen LogP contribution in [0.15, 0.2) is 52.1 Å². The van der Waals surface area contributed by atoms with Crippen molar-refractivity contribution >= 4 is 50.8 Å². The van der Waals surface area contributed by atoms with Crippen LogP contribution in [0.4, 0.5) is 5.69 Å². The third-order valence-electron chi connectivity index (χ3n) is 8.00. The monoisotopic (exact) mass is 516 g/mol. The van der Waals surface area contributed by atoms with E-state index in [0.717, 1.165) is 28.6 Å². The van der Waals surface area contributed by atoms with Crippen LogP contribution < -0.4 is 5.32 Å². The number of benzene rings is 2. The van der Waals surface area contributed by atoms with Gasteiger partial charge in [-0.25, -0.2) is 4.79 Å². The number of anilines is 1. The summed E-state index contributed by atoms with van der Waals surface area (Å²) < 4.78 is 0.880. The zero-order valence-corrected chi connectivity index (χ0v) is 20.9. The maximum absolute atomic E-state index is 13.6. The summed E-state index contributed by atoms with van der Waals surface area (Å²) in [4.78, 5) is 31.4. The number of halogens is 2. The Morgan fingerprint density at radius 1 is 1.09 bits per heavy atom. The fourth-order valence-corrected chi connectivity index (χ4v) is 5.68. The molecule has 5 nitrogen and oxygen atoms in total. The molecule has 2 aliphatic rings. The van der Waals surface area contributed by atoms with E-state index in [2.05, 4.69) is 47.2 Å². The molecule has 2 aromatic carbocycles. The van der Waals surface area contributed by atoms with Crippen LogP contribution in [0, 0.1) is 23.2 Å². The quantitative estimate of drug-likeness (QED) is 0.359. The Hall–Kier alpha value is -2.18. The van der Waals surface area contributed by atoms with Gasteiger partial charge in [0.25, 0.3) is 0 Å². The van der Waals surface area contributed by atoms with Crippen molar-refractivity contribution in [1.82, 2.24) is 0 Å². The van der Waals surface area contributed by atoms with Gasteiger partial charge in [-0.05, 0) is 67.1 Å². The van der Waals surface area contributed by atoms with Crippen LogP contribution in [0.3, 0.4) is 0 Å². The molecule has 2 atom stereocenters. The minimum atomic E-state index is -0.640. The van der Waals surface area contributed by atoms with Crippen LogP contribution in [0.5, 0.6) is 0 Å². The molecule has 2 unspecified atom stereocenters. The summed E-state index contributed by atoms with van der Waals surface area (Å²) in [7, 11) is 0. The van der Waals surface area contributed by atoms with Crippen LogP contribution in [0.25, 0.3) is 0 Å². The topological polar surface area (TPSA) is 67.8 Å². The summed E-state index contributed by atoms with van der Waals surface area (Å²) in [5.41, 5.74) is 1.40. The Morgan fingerprint density at radius 3 is 2.47 bits per heavy atom. The first-order valence-electron chi connectivity index (χ1n) is 10.6. The van der Waals surface area contributed by atoms with E-state index in [1.165, 1.54) is 0 Å². The van der Waals surface area contributed by atoms with Crippen molar-refractivity contribution in [3.8, 4) is 0 Å². The van der Waals surface area contributed by atoms with Crippen LogP contribution >= 0.6 is 27.5 Å². The molecular weight excluding hydrogens is 492 g/mol. The van der Waals surface area contributed by atoms with Crippen LogP contribution in [0.2, 0.25) is 5.02 Å². The summed E-state index contributed by atoms with van der Waals surface area (Å²) in [6.07, 6.45) is 2.01. The number of amides is 1. The number of oxime groups is 1. The van der Waals surface area contributed by atoms with Gasteiger partial charge in [0.05, 0.1) is 16.7 Å². The molecule has 0 aliphatic heterocycles. The molecule has 0 heterocycles. The smallest absolute Gasteiger partial charge is 0.325 e. The Labute approximate surface area is 201 Å². The molecule has 1 amide bonds. The second-order valence-corrected chi connectivity index (χ2v) is 10.8. The van der Waals surface area contributed by atoms with E-state index in [1.807, 2.05) is 25.1 Å². The van der Waals surface area contributed by atoms with Crippen molar-refractivity contribution < 1.29 is 14.4 Å². The minimum Gasteiger partial charge on any atom is -0.325 e. The largest absolute Gasteiger partial charge is 0.365 e. The summed E-state index contributed by atoms with van der Waals surface area (Å²) in [6, 6.07) is 12.4. The molecule has 0 saturated heterocycles. The summed E-state index contributed by atoms with van der Waals surface area (Å²) in [6.45, 7) is 8.24. The Balaban J connectivity index is 1.60. The lowest BCUT2D eigenvalue weighted by molar-refractivity contribution is -0.130. The van der Waals surface area contributed by atoms with E-state index < -0.39 is 11.4 Å². The molecule has 0 aromatic heterocycles. The zero-order chi connectivity index (χ0) is 23.3. The Morgan fingerprint density at radius 2 is 1.78 bits per heavy atom. The molecule has 168 valence electrons. The van der Waals surface area contributed by atoms with Gasteiger partial charge < -0.3 is 10.2 Å². The number of nitrogens with zero attached hydrogens (tertiary/aromatic N) is 1. The second-order valence-electron chi connectivity index (χ2n) is 9.51. The summed E-state index contributed by atoms with van der Waals surface area (Å²) >= 11 is 9.60. The molecule has 2 bridgehead atoms. The SMILES string of the molecule is Cc1c(Cl)cccc1NC(=O)C12CCC(C)(C(=NOC(=O)c3ccc(Br)cc3)C1)C2(C)C. The lowest BCUT2D eigenvalue weighted by Gasteiger charge is -2.39. The summed E-state index contributed by atoms with van der Waals surface area (Å²) in [5.74, 6) is -0.553. The van der Waals surface area contributed by atoms with Gasteiger partial charge in [-0.1, -0.05) is 59.5 Å². The van der Waals surface area contributed by atoms with Crippen LogP contribution in [0.1, 0.15) is 56.0 Å². The van der Waals surface area contributed by atoms with Crippen molar-refractivity contribution in [3.63, 3.8) is 0 Å². The molecule has 2 saturated carbocycles. The van der Waals surface area contributed by atoms with Gasteiger partial charge >= 0.3 is 5.97 Å². The van der Waals surface area contributed by atoms with Crippen LogP contribution in [-0.2, 0) is 9.63 Å². The van der Waals surface area contributed by atoms with E-state index in [9.17, 15) is 9.59 Å². The van der Waals surface area contributed by atoms with Crippen molar-refractivity contribution in [1.29, 1.82) is 0 Å². The molecule has 2 aromatic rings. The third-order valence-corrected chi connectivity index (χ3v) is 8.94. The number of fused-ring (bicyclic) bond motifs is 2. The first-order valence-corrected chi connectivity index (χ1v) is 11.8. The number of hydrogen-bond acceptors (Lipinski definition) is 4. The molecule has 1 N–H and O–H groups in total. The second kappa shape index (κ2) is 7.99. The van der Waals surface area contributed by atoms with E-state index >= 15 is 0 Å². The number of rotatable bonds is 4. The highest BCUT2D eigenvalue weighted by molar-refractivity contribution is 9.10. The number of hydrogen-bond donors (Lipinski definition) is 1. The van der Waals surface area contributed by atoms with Gasteiger partial charge in [0, 0.05) is 27.0 Å². The predicted molar refractivity (Wildman–Crippen MR) is 130 cm³/mol. The molecule has 4 rings (SSSR count). The molecule has 2 aliphatic carbocycles. The van der Waals surface area contributed by atoms with Crippen molar-refractivity contribution in [2.75, 3.05) is 5.32 Å². The Bertz CT molecular complexity index is 1130. The molecule has 0 spiro atoms. The van der Waals surface area contributed by atoms with E-state index in [4.69, 9.17) is 16.4 Å². The first kappa shape index (κ1) is 23.0. The fourth-order valence-electron chi connectivity index (χ4n) is 5.24. The average molecular weight is 518 g/mol. The maximum Gasteiger partial charge on any atom is 0.365 e. The number of carbonyl (C=O) groups is 2. The van der Waals surface area contributed by atoms with Gasteiger partial charge in [0.1, 0.15) is 0 Å². The van der Waals surface area contributed by atoms with Crippen LogP contribution in [-0.4, -0.2) is 17.6 Å². The van der Waals surface area contributed by atoms with E-state index in [0.29, 0.717) is 22.7 Å². The standard InChI is InChI=1S/C25H26BrClN2O3/c1-15-18(27)6-5-7-19(15)28-22(31)25-13-12-24(4,23(25,2)3)20(14-25)29-32-21(30)16-8-10-17(26)11-9-16/h5-11H,12-14H2,1-4H3,(H,28,31). The first-order chi connectivity index (χ1) is 15.0. The van der Waals surface area contributed by atoms with Gasteiger partial charge in [-0.2, -0.15) is 0 Å². The number of carbonyl (C=O) groups excluding carboxylic acids is 2. The van der Waals surface area contributed by atoms with Crippen molar-refractivity contribution in [3.05, 3.63) is 63.1 Å². The molecule has 2 fully saturated rings. The number of nitrogens with one attached hydrogen (secondary N) is 1. The highest BCUT2D eigenvalue weighted by Crippen LogP contribution is 2.71. The lowest BCUT2D eigenvalue weighted by Crippen LogP contribution is -2.43. The highest BCUT2D eigenvalue weighted by Gasteiger charge is 2.71. The van der Waals surface area contributed by atoms with Gasteiger partial charge in [0.2, 0.25) is 5.91 Å². The predicted octanol–water partition coefficient (Wildman–Crippen LogP) is 6.78. The molecule has 32 heavy (non-hydrogen) atoms. The minimum absolute atomic E-state index is 0.0407. The normalized spacial score (nSPS) is 26.9. The molecule has 7 heteroatoms. The third kappa shape index (κ3) is 3.39. The van der Waals surface area contributed by atoms with Gasteiger partial charge in [-0.15, -0.1) is 0 Å². The van der Waals surface area contributed by atoms with Crippen molar-refractivity contribution in [2.24, 2.45) is 21.4 Å². The molecular formula is C25H26BrClN2O3. The summed E-state index contributed by atoms with van der Waals surface area (Å²) in [5, 5.41) is 8.02. The van der Waals surface area contributed by atoms with E-state index in [1.54, 1.807) is 24.3 Å².